The van der Waals surface area contributed by atoms with Crippen LogP contribution in [0.1, 0.15) is 59.3 Å². The first-order valence-corrected chi connectivity index (χ1v) is 7.48. The van der Waals surface area contributed by atoms with E-state index in [0.29, 0.717) is 6.04 Å². The lowest BCUT2D eigenvalue weighted by atomic mass is 9.83. The Hall–Kier alpha value is -0.0800. The lowest BCUT2D eigenvalue weighted by Gasteiger charge is -2.41. The number of nitrogens with two attached hydrogens (primary N) is 1. The molecule has 0 aromatic carbocycles. The number of hydrogen-bond donors (Lipinski definition) is 1. The summed E-state index contributed by atoms with van der Waals surface area (Å²) >= 11 is 0. The Morgan fingerprint density at radius 3 is 2.35 bits per heavy atom. The van der Waals surface area contributed by atoms with Gasteiger partial charge in [-0.3, -0.25) is 0 Å². The van der Waals surface area contributed by atoms with Gasteiger partial charge in [0.15, 0.2) is 0 Å². The van der Waals surface area contributed by atoms with Gasteiger partial charge in [0.05, 0.1) is 0 Å². The second-order valence-electron chi connectivity index (χ2n) is 6.33. The van der Waals surface area contributed by atoms with Crippen LogP contribution in [0.15, 0.2) is 0 Å². The predicted octanol–water partition coefficient (Wildman–Crippen LogP) is 3.26. The van der Waals surface area contributed by atoms with E-state index in [-0.39, 0.29) is 0 Å². The van der Waals surface area contributed by atoms with Gasteiger partial charge in [-0.05, 0) is 58.0 Å². The van der Waals surface area contributed by atoms with E-state index in [1.54, 1.807) is 0 Å². The summed E-state index contributed by atoms with van der Waals surface area (Å²) in [5.74, 6) is 1.55. The molecule has 0 amide bonds. The first kappa shape index (κ1) is 15.0. The van der Waals surface area contributed by atoms with Crippen molar-refractivity contribution in [1.82, 2.24) is 4.90 Å². The van der Waals surface area contributed by atoms with Gasteiger partial charge >= 0.3 is 0 Å². The third kappa shape index (κ3) is 4.59. The van der Waals surface area contributed by atoms with E-state index in [1.807, 2.05) is 0 Å². The minimum atomic E-state index is 0.703. The topological polar surface area (TPSA) is 29.3 Å². The summed E-state index contributed by atoms with van der Waals surface area (Å²) < 4.78 is 0. The van der Waals surface area contributed by atoms with E-state index >= 15 is 0 Å². The fourth-order valence-corrected chi connectivity index (χ4v) is 3.10. The monoisotopic (exact) mass is 240 g/mol. The summed E-state index contributed by atoms with van der Waals surface area (Å²) in [6.07, 6.45) is 8.12. The molecule has 1 aliphatic rings. The number of rotatable bonds is 6. The van der Waals surface area contributed by atoms with E-state index < -0.39 is 0 Å². The molecular formula is C15H32N2. The highest BCUT2D eigenvalue weighted by Gasteiger charge is 2.29. The highest BCUT2D eigenvalue weighted by molar-refractivity contribution is 4.84. The van der Waals surface area contributed by atoms with Gasteiger partial charge in [-0.1, -0.05) is 26.7 Å². The number of hydrogen-bond acceptors (Lipinski definition) is 2. The van der Waals surface area contributed by atoms with Crippen LogP contribution in [0, 0.1) is 11.8 Å². The third-order valence-corrected chi connectivity index (χ3v) is 4.55. The maximum absolute atomic E-state index is 5.93. The lowest BCUT2D eigenvalue weighted by Crippen LogP contribution is -2.46. The molecule has 1 aliphatic carbocycles. The highest BCUT2D eigenvalue weighted by Crippen LogP contribution is 2.29. The van der Waals surface area contributed by atoms with E-state index in [1.165, 1.54) is 38.5 Å². The molecule has 0 radical (unpaired) electrons. The molecule has 0 spiro atoms. The van der Waals surface area contributed by atoms with Crippen LogP contribution in [-0.4, -0.2) is 30.6 Å². The van der Waals surface area contributed by atoms with Gasteiger partial charge in [-0.2, -0.15) is 0 Å². The van der Waals surface area contributed by atoms with Crippen molar-refractivity contribution >= 4 is 0 Å². The average molecular weight is 240 g/mol. The van der Waals surface area contributed by atoms with E-state index in [9.17, 15) is 0 Å². The van der Waals surface area contributed by atoms with E-state index in [2.05, 4.69) is 32.7 Å². The van der Waals surface area contributed by atoms with Gasteiger partial charge in [0.25, 0.3) is 0 Å². The quantitative estimate of drug-likeness (QED) is 0.772. The molecule has 3 unspecified atom stereocenters. The van der Waals surface area contributed by atoms with Gasteiger partial charge in [0.2, 0.25) is 0 Å². The SMILES string of the molecule is CC(C)CCC(C)N(C)C1CCCCC1CN. The van der Waals surface area contributed by atoms with Crippen molar-refractivity contribution < 1.29 is 0 Å². The van der Waals surface area contributed by atoms with Crippen LogP contribution in [0.5, 0.6) is 0 Å². The Balaban J connectivity index is 2.45. The molecule has 1 saturated carbocycles. The minimum absolute atomic E-state index is 0.703. The molecule has 0 heterocycles. The second kappa shape index (κ2) is 7.38. The van der Waals surface area contributed by atoms with Crippen LogP contribution in [0.3, 0.4) is 0 Å². The summed E-state index contributed by atoms with van der Waals surface area (Å²) in [7, 11) is 2.31. The fraction of sp³-hybridized carbons (Fsp3) is 1.00. The van der Waals surface area contributed by atoms with Crippen molar-refractivity contribution in [3.05, 3.63) is 0 Å². The zero-order valence-electron chi connectivity index (χ0n) is 12.3. The zero-order chi connectivity index (χ0) is 12.8. The van der Waals surface area contributed by atoms with Crippen LogP contribution >= 0.6 is 0 Å². The molecule has 1 fully saturated rings. The smallest absolute Gasteiger partial charge is 0.0135 e. The third-order valence-electron chi connectivity index (χ3n) is 4.55. The molecule has 3 atom stereocenters. The van der Waals surface area contributed by atoms with Crippen LogP contribution in [0.2, 0.25) is 0 Å². The summed E-state index contributed by atoms with van der Waals surface area (Å²) in [4.78, 5) is 2.61. The molecule has 0 aromatic rings. The summed E-state index contributed by atoms with van der Waals surface area (Å²) in [5.41, 5.74) is 5.93. The lowest BCUT2D eigenvalue weighted by molar-refractivity contribution is 0.0926. The van der Waals surface area contributed by atoms with E-state index in [0.717, 1.165) is 24.4 Å². The molecule has 2 nitrogen and oxygen atoms in total. The van der Waals surface area contributed by atoms with Crippen molar-refractivity contribution in [3.63, 3.8) is 0 Å². The molecular weight excluding hydrogens is 208 g/mol. The Morgan fingerprint density at radius 1 is 1.12 bits per heavy atom. The van der Waals surface area contributed by atoms with Gasteiger partial charge < -0.3 is 10.6 Å². The van der Waals surface area contributed by atoms with E-state index in [4.69, 9.17) is 5.73 Å². The summed E-state index contributed by atoms with van der Waals surface area (Å²) in [5, 5.41) is 0. The molecule has 102 valence electrons. The van der Waals surface area contributed by atoms with Crippen molar-refractivity contribution in [2.45, 2.75) is 71.4 Å². The standard InChI is InChI=1S/C15H32N2/c1-12(2)9-10-13(3)17(4)15-8-6-5-7-14(15)11-16/h12-15H,5-11,16H2,1-4H3. The maximum atomic E-state index is 5.93. The maximum Gasteiger partial charge on any atom is 0.0135 e. The first-order chi connectivity index (χ1) is 8.06. The fourth-order valence-electron chi connectivity index (χ4n) is 3.10. The molecule has 0 bridgehead atoms. The van der Waals surface area contributed by atoms with Gasteiger partial charge in [-0.15, -0.1) is 0 Å². The van der Waals surface area contributed by atoms with Gasteiger partial charge in [0, 0.05) is 12.1 Å². The zero-order valence-corrected chi connectivity index (χ0v) is 12.3. The molecule has 0 aliphatic heterocycles. The Bertz CT molecular complexity index is 203. The van der Waals surface area contributed by atoms with Crippen molar-refractivity contribution in [2.75, 3.05) is 13.6 Å². The summed E-state index contributed by atoms with van der Waals surface area (Å²) in [6, 6.07) is 1.44. The van der Waals surface area contributed by atoms with Crippen LogP contribution < -0.4 is 5.73 Å². The molecule has 2 heteroatoms. The van der Waals surface area contributed by atoms with Crippen LogP contribution in [-0.2, 0) is 0 Å². The molecule has 0 saturated heterocycles. The van der Waals surface area contributed by atoms with Gasteiger partial charge in [-0.25, -0.2) is 0 Å². The van der Waals surface area contributed by atoms with Gasteiger partial charge in [0.1, 0.15) is 0 Å². The Labute approximate surface area is 108 Å². The molecule has 0 aromatic heterocycles. The van der Waals surface area contributed by atoms with Crippen LogP contribution in [0.4, 0.5) is 0 Å². The normalized spacial score (nSPS) is 27.7. The number of nitrogens with zero attached hydrogens (tertiary/aromatic N) is 1. The Morgan fingerprint density at radius 2 is 1.76 bits per heavy atom. The predicted molar refractivity (Wildman–Crippen MR) is 76.1 cm³/mol. The van der Waals surface area contributed by atoms with Crippen LogP contribution in [0.25, 0.3) is 0 Å². The average Bonchev–Trinajstić information content (AvgIpc) is 2.34. The highest BCUT2D eigenvalue weighted by atomic mass is 15.2. The van der Waals surface area contributed by atoms with Crippen molar-refractivity contribution in [3.8, 4) is 0 Å². The largest absolute Gasteiger partial charge is 0.330 e. The molecule has 17 heavy (non-hydrogen) atoms. The van der Waals surface area contributed by atoms with Crippen molar-refractivity contribution in [2.24, 2.45) is 17.6 Å². The Kier molecular flexibility index (Phi) is 6.50. The second-order valence-corrected chi connectivity index (χ2v) is 6.33. The molecule has 2 N–H and O–H groups in total. The van der Waals surface area contributed by atoms with Crippen molar-refractivity contribution in [1.29, 1.82) is 0 Å². The first-order valence-electron chi connectivity index (χ1n) is 7.48. The minimum Gasteiger partial charge on any atom is -0.330 e. The molecule has 1 rings (SSSR count). The summed E-state index contributed by atoms with van der Waals surface area (Å²) in [6.45, 7) is 7.88.